The number of guanidine groups is 1. The predicted molar refractivity (Wildman–Crippen MR) is 130 cm³/mol. The van der Waals surface area contributed by atoms with Crippen molar-refractivity contribution < 1.29 is 37.1 Å². The van der Waals surface area contributed by atoms with Crippen molar-refractivity contribution in [2.45, 2.75) is 36.5 Å². The Morgan fingerprint density at radius 1 is 0.833 bits per heavy atom. The Balaban J connectivity index is 2.61. The summed E-state index contributed by atoms with van der Waals surface area (Å²) in [5.41, 5.74) is 0.394. The van der Waals surface area contributed by atoms with Crippen LogP contribution in [0.2, 0.25) is 0 Å². The van der Waals surface area contributed by atoms with Crippen molar-refractivity contribution in [2.24, 2.45) is 4.99 Å². The monoisotopic (exact) mass is 518 g/mol. The fraction of sp³-hybridized carbons (Fsp3) is 0.261. The Morgan fingerprint density at radius 3 is 1.89 bits per heavy atom. The number of rotatable bonds is 7. The maximum atomic E-state index is 13.3. The van der Waals surface area contributed by atoms with E-state index in [1.807, 2.05) is 0 Å². The molecule has 3 N–H and O–H groups in total. The number of nitrogens with one attached hydrogen (secondary N) is 3. The van der Waals surface area contributed by atoms with E-state index in [4.69, 9.17) is 0 Å². The van der Waals surface area contributed by atoms with Crippen LogP contribution in [0.25, 0.3) is 0 Å². The highest BCUT2D eigenvalue weighted by atomic mass is 32.2. The molecule has 2 rings (SSSR count). The zero-order valence-electron chi connectivity index (χ0n) is 20.1. The molecule has 0 fully saturated rings. The molecular formula is C23H26N4O8S. The highest BCUT2D eigenvalue weighted by Crippen LogP contribution is 2.31. The number of anilines is 1. The maximum absolute atomic E-state index is 13.3. The molecule has 192 valence electrons. The van der Waals surface area contributed by atoms with Gasteiger partial charge in [0, 0.05) is 18.4 Å². The number of methoxy groups -OCH3 is 2. The van der Waals surface area contributed by atoms with Crippen LogP contribution in [0.1, 0.15) is 37.0 Å². The molecule has 0 unspecified atom stereocenters. The van der Waals surface area contributed by atoms with Crippen molar-refractivity contribution in [2.75, 3.05) is 19.5 Å². The summed E-state index contributed by atoms with van der Waals surface area (Å²) in [5, 5.41) is 6.92. The minimum Gasteiger partial charge on any atom is -0.453 e. The van der Waals surface area contributed by atoms with Crippen molar-refractivity contribution in [1.29, 1.82) is 0 Å². The number of carbonyl (C=O) groups is 4. The van der Waals surface area contributed by atoms with Crippen LogP contribution < -0.4 is 16.0 Å². The molecule has 0 heterocycles. The summed E-state index contributed by atoms with van der Waals surface area (Å²) in [6.07, 6.45) is -1.55. The first-order valence-corrected chi connectivity index (χ1v) is 12.1. The molecular weight excluding hydrogens is 492 g/mol. The topological polar surface area (TPSA) is 169 Å². The number of aliphatic imine (C=N–C) groups is 1. The highest BCUT2D eigenvalue weighted by molar-refractivity contribution is 7.91. The van der Waals surface area contributed by atoms with E-state index in [0.717, 1.165) is 20.3 Å². The summed E-state index contributed by atoms with van der Waals surface area (Å²) in [4.78, 5) is 51.1. The summed E-state index contributed by atoms with van der Waals surface area (Å²) in [6, 6.07) is 9.23. The highest BCUT2D eigenvalue weighted by Gasteiger charge is 2.21. The van der Waals surface area contributed by atoms with E-state index < -0.39 is 28.0 Å². The average Bonchev–Trinajstić information content (AvgIpc) is 2.88. The third-order valence-electron chi connectivity index (χ3n) is 4.73. The van der Waals surface area contributed by atoms with Gasteiger partial charge in [-0.05, 0) is 30.3 Å². The second-order valence-corrected chi connectivity index (χ2v) is 9.03. The normalized spacial score (nSPS) is 10.6. The molecule has 0 aliphatic rings. The fourth-order valence-electron chi connectivity index (χ4n) is 2.78. The number of sulfone groups is 1. The Morgan fingerprint density at radius 2 is 1.39 bits per heavy atom. The van der Waals surface area contributed by atoms with E-state index in [2.05, 4.69) is 30.4 Å². The lowest BCUT2D eigenvalue weighted by Crippen LogP contribution is -2.43. The Hall–Kier alpha value is -4.26. The number of carbonyl (C=O) groups excluding carboxylic acids is 4. The first-order valence-electron chi connectivity index (χ1n) is 10.7. The fourth-order valence-corrected chi connectivity index (χ4v) is 4.06. The molecule has 0 spiro atoms. The van der Waals surface area contributed by atoms with E-state index in [-0.39, 0.29) is 45.7 Å². The van der Waals surface area contributed by atoms with Gasteiger partial charge in [-0.2, -0.15) is 0 Å². The number of ether oxygens (including phenoxy) is 2. The van der Waals surface area contributed by atoms with Gasteiger partial charge in [-0.15, -0.1) is 0 Å². The van der Waals surface area contributed by atoms with Gasteiger partial charge in [0.1, 0.15) is 0 Å². The molecule has 0 radical (unpaired) electrons. The van der Waals surface area contributed by atoms with Gasteiger partial charge in [-0.1, -0.05) is 26.0 Å². The van der Waals surface area contributed by atoms with E-state index in [0.29, 0.717) is 5.56 Å². The first-order chi connectivity index (χ1) is 17.0. The van der Waals surface area contributed by atoms with Gasteiger partial charge in [0.25, 0.3) is 0 Å². The first kappa shape index (κ1) is 28.0. The molecule has 0 aliphatic carbocycles. The molecule has 0 saturated heterocycles. The minimum atomic E-state index is -4.07. The van der Waals surface area contributed by atoms with Gasteiger partial charge in [0.15, 0.2) is 5.78 Å². The van der Waals surface area contributed by atoms with Gasteiger partial charge in [-0.25, -0.2) is 23.0 Å². The Kier molecular flexibility index (Phi) is 9.67. The summed E-state index contributed by atoms with van der Waals surface area (Å²) >= 11 is 0. The quantitative estimate of drug-likeness (QED) is 0.285. The van der Waals surface area contributed by atoms with Crippen molar-refractivity contribution in [3.8, 4) is 0 Å². The second-order valence-electron chi connectivity index (χ2n) is 7.08. The molecule has 0 saturated carbocycles. The third kappa shape index (κ3) is 7.12. The molecule has 2 aromatic rings. The maximum Gasteiger partial charge on any atom is 0.413 e. The number of nitrogens with zero attached hydrogens (tertiary/aromatic N) is 1. The van der Waals surface area contributed by atoms with Crippen molar-refractivity contribution in [3.05, 3.63) is 48.0 Å². The molecule has 12 nitrogen and oxygen atoms in total. The summed E-state index contributed by atoms with van der Waals surface area (Å²) in [5.74, 6) is -0.963. The van der Waals surface area contributed by atoms with Gasteiger partial charge in [-0.3, -0.25) is 20.2 Å². The van der Waals surface area contributed by atoms with Crippen molar-refractivity contribution >= 4 is 51.0 Å². The molecule has 36 heavy (non-hydrogen) atoms. The van der Waals surface area contributed by atoms with Crippen molar-refractivity contribution in [3.63, 3.8) is 0 Å². The summed E-state index contributed by atoms with van der Waals surface area (Å²) in [6.45, 7) is 3.32. The van der Waals surface area contributed by atoms with Gasteiger partial charge in [0.2, 0.25) is 21.7 Å². The molecule has 0 aromatic heterocycles. The van der Waals surface area contributed by atoms with Crippen LogP contribution in [0, 0.1) is 0 Å². The Labute approximate surface area is 208 Å². The van der Waals surface area contributed by atoms with Crippen LogP contribution in [0.5, 0.6) is 0 Å². The van der Waals surface area contributed by atoms with Gasteiger partial charge in [0.05, 0.1) is 35.4 Å². The lowest BCUT2D eigenvalue weighted by molar-refractivity contribution is -0.115. The van der Waals surface area contributed by atoms with Crippen LogP contribution in [-0.2, 0) is 24.1 Å². The second kappa shape index (κ2) is 12.4. The standard InChI is InChI=1S/C23H26N4O8S/c1-5-19(28)14-7-9-15(10-8-14)36(32,33)16-11-12-17(24-20(29)6-2)18(13-16)25-21(26-22(30)34-3)27-23(31)35-4/h7-13H,5-6H2,1-4H3,(H,24,29)(H2,25,26,27,30,31). The van der Waals surface area contributed by atoms with Crippen LogP contribution >= 0.6 is 0 Å². The number of benzene rings is 2. The zero-order valence-corrected chi connectivity index (χ0v) is 20.9. The number of hydrogen-bond donors (Lipinski definition) is 3. The smallest absolute Gasteiger partial charge is 0.413 e. The predicted octanol–water partition coefficient (Wildman–Crippen LogP) is 3.16. The lowest BCUT2D eigenvalue weighted by atomic mass is 10.1. The lowest BCUT2D eigenvalue weighted by Gasteiger charge is -2.13. The summed E-state index contributed by atoms with van der Waals surface area (Å²) < 4.78 is 35.5. The number of amides is 3. The van der Waals surface area contributed by atoms with E-state index in [9.17, 15) is 27.6 Å². The van der Waals surface area contributed by atoms with Crippen LogP contribution in [0.4, 0.5) is 21.0 Å². The average molecular weight is 519 g/mol. The molecule has 0 aliphatic heterocycles. The molecule has 0 bridgehead atoms. The van der Waals surface area contributed by atoms with E-state index >= 15 is 0 Å². The molecule has 13 heteroatoms. The SMILES string of the molecule is CCC(=O)Nc1ccc(S(=O)(=O)c2ccc(C(=O)CC)cc2)cc1N=C(NC(=O)OC)NC(=O)OC. The number of alkyl carbamates (subject to hydrolysis) is 2. The van der Waals surface area contributed by atoms with E-state index in [1.165, 1.54) is 36.4 Å². The minimum absolute atomic E-state index is 0.0731. The van der Waals surface area contributed by atoms with Gasteiger partial charge < -0.3 is 14.8 Å². The Bertz CT molecular complexity index is 1270. The number of Topliss-reactive ketones (excluding diaryl/α,β-unsaturated/α-hetero) is 1. The zero-order chi connectivity index (χ0) is 26.9. The van der Waals surface area contributed by atoms with Crippen molar-refractivity contribution in [1.82, 2.24) is 10.6 Å². The molecule has 0 atom stereocenters. The van der Waals surface area contributed by atoms with Gasteiger partial charge >= 0.3 is 12.2 Å². The number of hydrogen-bond acceptors (Lipinski definition) is 9. The molecule has 2 aromatic carbocycles. The third-order valence-corrected chi connectivity index (χ3v) is 6.49. The van der Waals surface area contributed by atoms with Crippen LogP contribution in [0.3, 0.4) is 0 Å². The summed E-state index contributed by atoms with van der Waals surface area (Å²) in [7, 11) is -1.89. The van der Waals surface area contributed by atoms with Crippen LogP contribution in [-0.4, -0.2) is 52.5 Å². The van der Waals surface area contributed by atoms with E-state index in [1.54, 1.807) is 13.8 Å². The largest absolute Gasteiger partial charge is 0.453 e. The van der Waals surface area contributed by atoms with Crippen LogP contribution in [0.15, 0.2) is 57.2 Å². The molecule has 3 amide bonds. The number of ketones is 1.